The number of likely N-dealkylation sites (tertiary alicyclic amines) is 1. The second-order valence-electron chi connectivity index (χ2n) is 6.71. The van der Waals surface area contributed by atoms with E-state index in [2.05, 4.69) is 35.2 Å². The van der Waals surface area contributed by atoms with Crippen LogP contribution >= 0.6 is 0 Å². The molecule has 25 heavy (non-hydrogen) atoms. The Balaban J connectivity index is 1.45. The number of carbonyl (C=O) groups excluding carboxylic acids is 1. The number of piperidine rings is 1. The summed E-state index contributed by atoms with van der Waals surface area (Å²) >= 11 is 0. The van der Waals surface area contributed by atoms with Crippen LogP contribution in [0.25, 0.3) is 0 Å². The lowest BCUT2D eigenvalue weighted by Gasteiger charge is -2.35. The number of aryl methyl sites for hydroxylation is 1. The van der Waals surface area contributed by atoms with Crippen molar-refractivity contribution in [3.05, 3.63) is 71.8 Å². The first-order valence-electron chi connectivity index (χ1n) is 9.33. The molecule has 0 unspecified atom stereocenters. The topological polar surface area (TPSA) is 29.5 Å². The van der Waals surface area contributed by atoms with Crippen molar-refractivity contribution in [1.82, 2.24) is 4.90 Å². The van der Waals surface area contributed by atoms with E-state index in [1.54, 1.807) is 12.1 Å². The Morgan fingerprint density at radius 3 is 2.48 bits per heavy atom. The summed E-state index contributed by atoms with van der Waals surface area (Å²) in [5.74, 6) is -0.224. The predicted octanol–water partition coefficient (Wildman–Crippen LogP) is 4.33. The molecule has 1 heterocycles. The van der Waals surface area contributed by atoms with E-state index in [-0.39, 0.29) is 5.97 Å². The minimum absolute atomic E-state index is 0.224. The van der Waals surface area contributed by atoms with Crippen molar-refractivity contribution < 1.29 is 9.53 Å². The molecule has 0 N–H and O–H groups in total. The fourth-order valence-electron chi connectivity index (χ4n) is 3.57. The number of ether oxygens (including phenoxy) is 1. The molecule has 2 aromatic carbocycles. The lowest BCUT2D eigenvalue weighted by Crippen LogP contribution is -2.41. The smallest absolute Gasteiger partial charge is 0.338 e. The largest absolute Gasteiger partial charge is 0.461 e. The molecule has 0 aromatic heterocycles. The third-order valence-corrected chi connectivity index (χ3v) is 4.98. The van der Waals surface area contributed by atoms with Crippen molar-refractivity contribution in [3.8, 4) is 0 Å². The van der Waals surface area contributed by atoms with Gasteiger partial charge >= 0.3 is 5.97 Å². The SMILES string of the molecule is O=C(OCCN1CCCC[C@H]1CCc1ccccc1)c1ccccc1. The van der Waals surface area contributed by atoms with E-state index in [1.165, 1.54) is 31.2 Å². The van der Waals surface area contributed by atoms with Gasteiger partial charge in [0.05, 0.1) is 5.56 Å². The molecular formula is C22H27NO2. The number of esters is 1. The summed E-state index contributed by atoms with van der Waals surface area (Å²) in [7, 11) is 0. The van der Waals surface area contributed by atoms with Crippen molar-refractivity contribution >= 4 is 5.97 Å². The third-order valence-electron chi connectivity index (χ3n) is 4.98. The summed E-state index contributed by atoms with van der Waals surface area (Å²) < 4.78 is 5.46. The maximum atomic E-state index is 12.0. The Kier molecular flexibility index (Phi) is 6.63. The monoisotopic (exact) mass is 337 g/mol. The number of rotatable bonds is 7. The van der Waals surface area contributed by atoms with Crippen LogP contribution in [0.1, 0.15) is 41.6 Å². The maximum absolute atomic E-state index is 12.0. The zero-order chi connectivity index (χ0) is 17.3. The first-order valence-corrected chi connectivity index (χ1v) is 9.33. The molecule has 0 aliphatic carbocycles. The fourth-order valence-corrected chi connectivity index (χ4v) is 3.57. The number of nitrogens with zero attached hydrogens (tertiary/aromatic N) is 1. The molecule has 1 saturated heterocycles. The van der Waals surface area contributed by atoms with E-state index in [1.807, 2.05) is 18.2 Å². The first kappa shape index (κ1) is 17.7. The zero-order valence-corrected chi connectivity index (χ0v) is 14.8. The Labute approximate surface area is 150 Å². The van der Waals surface area contributed by atoms with Gasteiger partial charge in [0.1, 0.15) is 6.61 Å². The molecule has 3 rings (SSSR count). The van der Waals surface area contributed by atoms with Gasteiger partial charge in [-0.05, 0) is 49.9 Å². The van der Waals surface area contributed by atoms with Gasteiger partial charge in [0.2, 0.25) is 0 Å². The summed E-state index contributed by atoms with van der Waals surface area (Å²) in [6.45, 7) is 2.41. The van der Waals surface area contributed by atoms with Crippen LogP contribution in [-0.2, 0) is 11.2 Å². The standard InChI is InChI=1S/C22H27NO2/c24-22(20-11-5-2-6-12-20)25-18-17-23-16-8-7-13-21(23)15-14-19-9-3-1-4-10-19/h1-6,9-12,21H,7-8,13-18H2/t21-/m0/s1. The van der Waals surface area contributed by atoms with E-state index in [9.17, 15) is 4.79 Å². The summed E-state index contributed by atoms with van der Waals surface area (Å²) in [6.07, 6.45) is 6.09. The number of benzene rings is 2. The average Bonchev–Trinajstić information content (AvgIpc) is 2.68. The minimum atomic E-state index is -0.224. The molecule has 0 radical (unpaired) electrons. The van der Waals surface area contributed by atoms with E-state index in [0.717, 1.165) is 19.5 Å². The molecule has 1 fully saturated rings. The van der Waals surface area contributed by atoms with Gasteiger partial charge in [0.15, 0.2) is 0 Å². The Morgan fingerprint density at radius 1 is 1.00 bits per heavy atom. The van der Waals surface area contributed by atoms with Gasteiger partial charge in [-0.3, -0.25) is 4.90 Å². The van der Waals surface area contributed by atoms with Crippen LogP contribution in [0.2, 0.25) is 0 Å². The van der Waals surface area contributed by atoms with Crippen molar-refractivity contribution in [2.24, 2.45) is 0 Å². The minimum Gasteiger partial charge on any atom is -0.461 e. The second kappa shape index (κ2) is 9.38. The predicted molar refractivity (Wildman–Crippen MR) is 101 cm³/mol. The van der Waals surface area contributed by atoms with E-state index >= 15 is 0 Å². The van der Waals surface area contributed by atoms with Crippen LogP contribution in [0.3, 0.4) is 0 Å². The Hall–Kier alpha value is -2.13. The quantitative estimate of drug-likeness (QED) is 0.704. The van der Waals surface area contributed by atoms with Gasteiger partial charge in [-0.15, -0.1) is 0 Å². The van der Waals surface area contributed by atoms with Crippen LogP contribution in [0, 0.1) is 0 Å². The van der Waals surface area contributed by atoms with E-state index in [4.69, 9.17) is 4.74 Å². The molecule has 3 nitrogen and oxygen atoms in total. The molecule has 132 valence electrons. The summed E-state index contributed by atoms with van der Waals surface area (Å²) in [4.78, 5) is 14.5. The van der Waals surface area contributed by atoms with Crippen LogP contribution in [0.4, 0.5) is 0 Å². The molecule has 3 heteroatoms. The van der Waals surface area contributed by atoms with Crippen molar-refractivity contribution in [3.63, 3.8) is 0 Å². The summed E-state index contributed by atoms with van der Waals surface area (Å²) in [5, 5.41) is 0. The van der Waals surface area contributed by atoms with Crippen molar-refractivity contribution in [2.45, 2.75) is 38.1 Å². The molecule has 0 amide bonds. The van der Waals surface area contributed by atoms with Gasteiger partial charge in [-0.25, -0.2) is 4.79 Å². The highest BCUT2D eigenvalue weighted by Gasteiger charge is 2.22. The van der Waals surface area contributed by atoms with Crippen LogP contribution < -0.4 is 0 Å². The first-order chi connectivity index (χ1) is 12.3. The highest BCUT2D eigenvalue weighted by Crippen LogP contribution is 2.21. The van der Waals surface area contributed by atoms with Gasteiger partial charge in [0.25, 0.3) is 0 Å². The van der Waals surface area contributed by atoms with Gasteiger partial charge in [-0.1, -0.05) is 55.0 Å². The molecule has 1 atom stereocenters. The zero-order valence-electron chi connectivity index (χ0n) is 14.8. The normalized spacial score (nSPS) is 18.0. The highest BCUT2D eigenvalue weighted by molar-refractivity contribution is 5.89. The molecule has 0 saturated carbocycles. The maximum Gasteiger partial charge on any atom is 0.338 e. The van der Waals surface area contributed by atoms with Crippen molar-refractivity contribution in [1.29, 1.82) is 0 Å². The average molecular weight is 337 g/mol. The summed E-state index contributed by atoms with van der Waals surface area (Å²) in [5.41, 5.74) is 2.03. The molecule has 1 aliphatic rings. The van der Waals surface area contributed by atoms with Gasteiger partial charge in [0, 0.05) is 12.6 Å². The number of carbonyl (C=O) groups is 1. The van der Waals surface area contributed by atoms with Crippen LogP contribution in [0.5, 0.6) is 0 Å². The Morgan fingerprint density at radius 2 is 1.72 bits per heavy atom. The van der Waals surface area contributed by atoms with Gasteiger partial charge < -0.3 is 4.74 Å². The molecule has 1 aliphatic heterocycles. The third kappa shape index (κ3) is 5.43. The van der Waals surface area contributed by atoms with Crippen LogP contribution in [-0.4, -0.2) is 36.6 Å². The number of hydrogen-bond donors (Lipinski definition) is 0. The molecule has 0 bridgehead atoms. The fraction of sp³-hybridized carbons (Fsp3) is 0.409. The lowest BCUT2D eigenvalue weighted by atomic mass is 9.96. The second-order valence-corrected chi connectivity index (χ2v) is 6.71. The van der Waals surface area contributed by atoms with E-state index in [0.29, 0.717) is 18.2 Å². The van der Waals surface area contributed by atoms with E-state index < -0.39 is 0 Å². The highest BCUT2D eigenvalue weighted by atomic mass is 16.5. The molecule has 0 spiro atoms. The van der Waals surface area contributed by atoms with Crippen LogP contribution in [0.15, 0.2) is 60.7 Å². The van der Waals surface area contributed by atoms with Crippen molar-refractivity contribution in [2.75, 3.05) is 19.7 Å². The Bertz CT molecular complexity index is 642. The molecular weight excluding hydrogens is 310 g/mol. The molecule has 2 aromatic rings. The van der Waals surface area contributed by atoms with Gasteiger partial charge in [-0.2, -0.15) is 0 Å². The summed E-state index contributed by atoms with van der Waals surface area (Å²) in [6, 6.07) is 20.5. The number of hydrogen-bond acceptors (Lipinski definition) is 3. The lowest BCUT2D eigenvalue weighted by molar-refractivity contribution is 0.0400.